The number of Topliss-reactive ketones (excluding diaryl/α,β-unsaturated/α-hetero) is 1. The zero-order chi connectivity index (χ0) is 12.7. The quantitative estimate of drug-likeness (QED) is 0.839. The van der Waals surface area contributed by atoms with Crippen LogP contribution < -0.4 is 4.90 Å². The molecule has 17 heavy (non-hydrogen) atoms. The standard InChI is InChI=1S/C11H8BrNO4/c1-5(11(16)17)13-8-6(9(14)10(13)15)3-2-4-7(8)12/h2-5H,1H3,(H,16,17). The SMILES string of the molecule is CC(C(=O)O)N1C(=O)C(=O)c2cccc(Br)c21. The van der Waals surface area contributed by atoms with Gasteiger partial charge in [0.15, 0.2) is 0 Å². The molecule has 0 aromatic heterocycles. The van der Waals surface area contributed by atoms with Gasteiger partial charge in [-0.1, -0.05) is 6.07 Å². The predicted octanol–water partition coefficient (Wildman–Crippen LogP) is 1.45. The topological polar surface area (TPSA) is 74.7 Å². The van der Waals surface area contributed by atoms with Gasteiger partial charge in [-0.25, -0.2) is 4.79 Å². The molecule has 0 radical (unpaired) electrons. The van der Waals surface area contributed by atoms with E-state index in [0.29, 0.717) is 10.2 Å². The molecule has 1 aliphatic rings. The van der Waals surface area contributed by atoms with Crippen LogP contribution in [-0.4, -0.2) is 28.8 Å². The average Bonchev–Trinajstić information content (AvgIpc) is 2.53. The number of hydrogen-bond donors (Lipinski definition) is 1. The highest BCUT2D eigenvalue weighted by atomic mass is 79.9. The Labute approximate surface area is 105 Å². The molecule has 0 aliphatic carbocycles. The Hall–Kier alpha value is -1.69. The highest BCUT2D eigenvalue weighted by Gasteiger charge is 2.41. The average molecular weight is 298 g/mol. The number of hydrogen-bond acceptors (Lipinski definition) is 3. The number of para-hydroxylation sites is 1. The molecule has 1 amide bonds. The maximum absolute atomic E-state index is 11.8. The third kappa shape index (κ3) is 1.64. The summed E-state index contributed by atoms with van der Waals surface area (Å²) in [6, 6.07) is 3.72. The fourth-order valence-corrected chi connectivity index (χ4v) is 2.31. The number of amides is 1. The van der Waals surface area contributed by atoms with E-state index in [1.54, 1.807) is 12.1 Å². The number of aliphatic carboxylic acids is 1. The molecule has 1 heterocycles. The van der Waals surface area contributed by atoms with Gasteiger partial charge in [0.25, 0.3) is 11.7 Å². The number of ketones is 1. The summed E-state index contributed by atoms with van der Waals surface area (Å²) in [4.78, 5) is 35.4. The Morgan fingerprint density at radius 1 is 1.41 bits per heavy atom. The van der Waals surface area contributed by atoms with Crippen molar-refractivity contribution < 1.29 is 19.5 Å². The Bertz CT molecular complexity index is 540. The van der Waals surface area contributed by atoms with E-state index < -0.39 is 23.7 Å². The van der Waals surface area contributed by atoms with Crippen LogP contribution in [0.25, 0.3) is 0 Å². The molecule has 0 spiro atoms. The number of fused-ring (bicyclic) bond motifs is 1. The lowest BCUT2D eigenvalue weighted by Gasteiger charge is -2.21. The van der Waals surface area contributed by atoms with Crippen LogP contribution >= 0.6 is 15.9 Å². The summed E-state index contributed by atoms with van der Waals surface area (Å²) in [5.41, 5.74) is 0.565. The van der Waals surface area contributed by atoms with Crippen molar-refractivity contribution in [1.29, 1.82) is 0 Å². The summed E-state index contributed by atoms with van der Waals surface area (Å²) in [6.07, 6.45) is 0. The van der Waals surface area contributed by atoms with Crippen LogP contribution in [0.15, 0.2) is 22.7 Å². The molecule has 0 saturated heterocycles. The van der Waals surface area contributed by atoms with Gasteiger partial charge >= 0.3 is 5.97 Å². The molecule has 1 N–H and O–H groups in total. The molecule has 0 saturated carbocycles. The number of carbonyl (C=O) groups excluding carboxylic acids is 2. The van der Waals surface area contributed by atoms with E-state index in [4.69, 9.17) is 5.11 Å². The van der Waals surface area contributed by atoms with Crippen LogP contribution in [0.4, 0.5) is 5.69 Å². The monoisotopic (exact) mass is 297 g/mol. The van der Waals surface area contributed by atoms with Gasteiger partial charge in [-0.15, -0.1) is 0 Å². The number of nitrogens with zero attached hydrogens (tertiary/aromatic N) is 1. The first-order chi connectivity index (χ1) is 7.95. The van der Waals surface area contributed by atoms with Crippen molar-refractivity contribution in [3.05, 3.63) is 28.2 Å². The highest BCUT2D eigenvalue weighted by Crippen LogP contribution is 2.37. The number of benzene rings is 1. The third-order valence-electron chi connectivity index (χ3n) is 2.63. The maximum Gasteiger partial charge on any atom is 0.326 e. The van der Waals surface area contributed by atoms with E-state index in [2.05, 4.69) is 15.9 Å². The van der Waals surface area contributed by atoms with Crippen molar-refractivity contribution in [2.24, 2.45) is 0 Å². The van der Waals surface area contributed by atoms with E-state index in [9.17, 15) is 14.4 Å². The first kappa shape index (κ1) is 11.8. The fourth-order valence-electron chi connectivity index (χ4n) is 1.75. The van der Waals surface area contributed by atoms with Crippen molar-refractivity contribution in [1.82, 2.24) is 0 Å². The molecular formula is C11H8BrNO4. The zero-order valence-electron chi connectivity index (χ0n) is 8.81. The molecule has 1 atom stereocenters. The van der Waals surface area contributed by atoms with E-state index in [1.807, 2.05) is 0 Å². The number of carbonyl (C=O) groups is 3. The number of carboxylic acids is 1. The smallest absolute Gasteiger partial charge is 0.326 e. The molecule has 0 fully saturated rings. The van der Waals surface area contributed by atoms with E-state index in [-0.39, 0.29) is 5.56 Å². The molecule has 1 aliphatic heterocycles. The van der Waals surface area contributed by atoms with E-state index in [0.717, 1.165) is 4.90 Å². The van der Waals surface area contributed by atoms with E-state index >= 15 is 0 Å². The fraction of sp³-hybridized carbons (Fsp3) is 0.182. The molecule has 6 heteroatoms. The number of anilines is 1. The van der Waals surface area contributed by atoms with Gasteiger partial charge in [0.05, 0.1) is 11.3 Å². The first-order valence-electron chi connectivity index (χ1n) is 4.84. The summed E-state index contributed by atoms with van der Waals surface area (Å²) in [6.45, 7) is 1.36. The van der Waals surface area contributed by atoms with Crippen molar-refractivity contribution in [2.45, 2.75) is 13.0 Å². The van der Waals surface area contributed by atoms with E-state index in [1.165, 1.54) is 13.0 Å². The van der Waals surface area contributed by atoms with Crippen LogP contribution in [-0.2, 0) is 9.59 Å². The summed E-state index contributed by atoms with van der Waals surface area (Å²) >= 11 is 3.22. The van der Waals surface area contributed by atoms with Gasteiger partial charge in [0.2, 0.25) is 0 Å². The zero-order valence-corrected chi connectivity index (χ0v) is 10.4. The maximum atomic E-state index is 11.8. The first-order valence-corrected chi connectivity index (χ1v) is 5.63. The minimum Gasteiger partial charge on any atom is -0.480 e. The molecule has 1 aromatic rings. The summed E-state index contributed by atoms with van der Waals surface area (Å²) in [5.74, 6) is -2.63. The van der Waals surface area contributed by atoms with Gasteiger partial charge in [-0.2, -0.15) is 0 Å². The molecule has 5 nitrogen and oxygen atoms in total. The lowest BCUT2D eigenvalue weighted by atomic mass is 10.1. The number of rotatable bonds is 2. The van der Waals surface area contributed by atoms with Gasteiger partial charge in [0, 0.05) is 4.47 Å². The minimum absolute atomic E-state index is 0.234. The second kappa shape index (κ2) is 3.96. The number of halogens is 1. The van der Waals surface area contributed by atoms with Gasteiger partial charge in [-0.05, 0) is 35.0 Å². The summed E-state index contributed by atoms with van der Waals surface area (Å²) in [7, 11) is 0. The molecule has 2 rings (SSSR count). The molecule has 0 bridgehead atoms. The number of carboxylic acid groups (broad SMARTS) is 1. The largest absolute Gasteiger partial charge is 0.480 e. The predicted molar refractivity (Wildman–Crippen MR) is 63.1 cm³/mol. The second-order valence-corrected chi connectivity index (χ2v) is 4.51. The van der Waals surface area contributed by atoms with Crippen molar-refractivity contribution in [3.8, 4) is 0 Å². The van der Waals surface area contributed by atoms with Crippen molar-refractivity contribution in [3.63, 3.8) is 0 Å². The van der Waals surface area contributed by atoms with Gasteiger partial charge < -0.3 is 5.11 Å². The van der Waals surface area contributed by atoms with Crippen LogP contribution in [0.2, 0.25) is 0 Å². The lowest BCUT2D eigenvalue weighted by Crippen LogP contribution is -2.42. The van der Waals surface area contributed by atoms with Crippen LogP contribution in [0.5, 0.6) is 0 Å². The molecule has 1 aromatic carbocycles. The van der Waals surface area contributed by atoms with Crippen molar-refractivity contribution >= 4 is 39.3 Å². The second-order valence-electron chi connectivity index (χ2n) is 3.65. The van der Waals surface area contributed by atoms with Gasteiger partial charge in [0.1, 0.15) is 6.04 Å². The lowest BCUT2D eigenvalue weighted by molar-refractivity contribution is -0.139. The van der Waals surface area contributed by atoms with Crippen molar-refractivity contribution in [2.75, 3.05) is 4.90 Å². The third-order valence-corrected chi connectivity index (χ3v) is 3.27. The van der Waals surface area contributed by atoms with Crippen LogP contribution in [0.3, 0.4) is 0 Å². The Morgan fingerprint density at radius 3 is 2.65 bits per heavy atom. The summed E-state index contributed by atoms with van der Waals surface area (Å²) < 4.78 is 0.530. The Kier molecular flexibility index (Phi) is 2.74. The Balaban J connectivity index is 2.62. The normalized spacial score (nSPS) is 16.0. The minimum atomic E-state index is -1.16. The molecular weight excluding hydrogens is 290 g/mol. The van der Waals surface area contributed by atoms with Gasteiger partial charge in [-0.3, -0.25) is 14.5 Å². The van der Waals surface area contributed by atoms with Crippen LogP contribution in [0, 0.1) is 0 Å². The highest BCUT2D eigenvalue weighted by molar-refractivity contribution is 9.10. The summed E-state index contributed by atoms with van der Waals surface area (Å²) in [5, 5.41) is 8.94. The van der Waals surface area contributed by atoms with Crippen LogP contribution in [0.1, 0.15) is 17.3 Å². The Morgan fingerprint density at radius 2 is 2.06 bits per heavy atom. The molecule has 1 unspecified atom stereocenters. The molecule has 88 valence electrons.